The monoisotopic (exact) mass is 168 g/mol. The maximum Gasteiger partial charge on any atom is 0.138 e. The number of carbonyl (C=O) groups is 1. The molecular weight excluding hydrogens is 152 g/mol. The van der Waals surface area contributed by atoms with Gasteiger partial charge in [0.05, 0.1) is 6.26 Å². The molecule has 2 heteroatoms. The molecule has 0 radical (unpaired) electrons. The molecule has 1 unspecified atom stereocenters. The minimum Gasteiger partial charge on any atom is -0.516 e. The molecule has 0 amide bonds. The molecule has 0 bridgehead atoms. The fraction of sp³-hybridized carbons (Fsp3) is 0.700. The van der Waals surface area contributed by atoms with Gasteiger partial charge in [-0.05, 0) is 25.7 Å². The van der Waals surface area contributed by atoms with Crippen molar-refractivity contribution in [3.05, 3.63) is 12.3 Å². The molecule has 0 spiro atoms. The van der Waals surface area contributed by atoms with Gasteiger partial charge in [-0.25, -0.2) is 0 Å². The van der Waals surface area contributed by atoms with Crippen molar-refractivity contribution in [2.45, 2.75) is 39.0 Å². The van der Waals surface area contributed by atoms with Gasteiger partial charge >= 0.3 is 0 Å². The second-order valence-electron chi connectivity index (χ2n) is 3.76. The van der Waals surface area contributed by atoms with E-state index < -0.39 is 0 Å². The van der Waals surface area contributed by atoms with Crippen molar-refractivity contribution in [1.82, 2.24) is 0 Å². The lowest BCUT2D eigenvalue weighted by Gasteiger charge is -2.20. The van der Waals surface area contributed by atoms with Crippen molar-refractivity contribution >= 4 is 5.78 Å². The number of aliphatic hydroxyl groups is 1. The Labute approximate surface area is 73.3 Å². The van der Waals surface area contributed by atoms with Crippen LogP contribution in [0.15, 0.2) is 12.3 Å². The number of carbonyl (C=O) groups excluding carboxylic acids is 1. The summed E-state index contributed by atoms with van der Waals surface area (Å²) in [4.78, 5) is 11.4. The number of rotatable bonds is 3. The second kappa shape index (κ2) is 3.74. The molecule has 68 valence electrons. The molecule has 1 atom stereocenters. The van der Waals surface area contributed by atoms with E-state index in [-0.39, 0.29) is 5.41 Å². The third-order valence-corrected chi connectivity index (χ3v) is 2.77. The molecule has 1 aliphatic carbocycles. The largest absolute Gasteiger partial charge is 0.516 e. The maximum absolute atomic E-state index is 11.4. The van der Waals surface area contributed by atoms with Crippen molar-refractivity contribution in [2.75, 3.05) is 0 Å². The second-order valence-corrected chi connectivity index (χ2v) is 3.76. The van der Waals surface area contributed by atoms with Gasteiger partial charge in [0.1, 0.15) is 5.78 Å². The molecule has 0 saturated heterocycles. The minimum absolute atomic E-state index is 0.0977. The molecule has 0 aromatic rings. The van der Waals surface area contributed by atoms with Gasteiger partial charge in [-0.15, -0.1) is 0 Å². The van der Waals surface area contributed by atoms with Crippen LogP contribution in [0.1, 0.15) is 39.0 Å². The van der Waals surface area contributed by atoms with E-state index in [2.05, 4.69) is 0 Å². The molecule has 1 aliphatic rings. The number of allylic oxidation sites excluding steroid dienone is 1. The van der Waals surface area contributed by atoms with Gasteiger partial charge in [0.15, 0.2) is 0 Å². The highest BCUT2D eigenvalue weighted by Gasteiger charge is 2.36. The fourth-order valence-corrected chi connectivity index (χ4v) is 1.82. The highest BCUT2D eigenvalue weighted by Crippen LogP contribution is 2.38. The summed E-state index contributed by atoms with van der Waals surface area (Å²) in [6, 6.07) is 0. The van der Waals surface area contributed by atoms with Crippen LogP contribution in [0, 0.1) is 5.41 Å². The molecule has 0 aromatic carbocycles. The van der Waals surface area contributed by atoms with Crippen LogP contribution < -0.4 is 0 Å². The van der Waals surface area contributed by atoms with E-state index in [9.17, 15) is 4.79 Å². The lowest BCUT2D eigenvalue weighted by molar-refractivity contribution is -0.125. The minimum atomic E-state index is -0.0977. The highest BCUT2D eigenvalue weighted by atomic mass is 16.2. The van der Waals surface area contributed by atoms with Crippen LogP contribution in [-0.2, 0) is 4.79 Å². The number of aliphatic hydroxyl groups excluding tert-OH is 1. The molecule has 0 aliphatic heterocycles. The van der Waals surface area contributed by atoms with E-state index in [4.69, 9.17) is 5.11 Å². The first-order chi connectivity index (χ1) is 5.69. The predicted octanol–water partition coefficient (Wildman–Crippen LogP) is 2.60. The SMILES string of the molecule is CC1(CCC=CO)CCCC1=O. The van der Waals surface area contributed by atoms with Crippen LogP contribution in [0.25, 0.3) is 0 Å². The molecule has 2 nitrogen and oxygen atoms in total. The topological polar surface area (TPSA) is 37.3 Å². The number of ketones is 1. The Balaban J connectivity index is 2.43. The van der Waals surface area contributed by atoms with Crippen molar-refractivity contribution in [1.29, 1.82) is 0 Å². The number of hydrogen-bond acceptors (Lipinski definition) is 2. The molecule has 0 aromatic heterocycles. The summed E-state index contributed by atoms with van der Waals surface area (Å²) in [6.45, 7) is 2.04. The van der Waals surface area contributed by atoms with Gasteiger partial charge in [0, 0.05) is 11.8 Å². The van der Waals surface area contributed by atoms with Gasteiger partial charge < -0.3 is 5.11 Å². The van der Waals surface area contributed by atoms with E-state index >= 15 is 0 Å². The van der Waals surface area contributed by atoms with E-state index in [0.717, 1.165) is 38.4 Å². The van der Waals surface area contributed by atoms with Gasteiger partial charge in [-0.3, -0.25) is 4.79 Å². The quantitative estimate of drug-likeness (QED) is 0.658. The van der Waals surface area contributed by atoms with Crippen LogP contribution >= 0.6 is 0 Å². The van der Waals surface area contributed by atoms with Crippen LogP contribution in [0.5, 0.6) is 0 Å². The number of hydrogen-bond donors (Lipinski definition) is 1. The standard InChI is InChI=1S/C10H16O2/c1-10(6-2-3-8-11)7-4-5-9(10)12/h3,8,11H,2,4-7H2,1H3. The Morgan fingerprint density at radius 3 is 2.92 bits per heavy atom. The van der Waals surface area contributed by atoms with Gasteiger partial charge in [-0.2, -0.15) is 0 Å². The molecular formula is C10H16O2. The smallest absolute Gasteiger partial charge is 0.138 e. The highest BCUT2D eigenvalue weighted by molar-refractivity contribution is 5.86. The van der Waals surface area contributed by atoms with Crippen molar-refractivity contribution < 1.29 is 9.90 Å². The molecule has 1 rings (SSSR count). The summed E-state index contributed by atoms with van der Waals surface area (Å²) in [7, 11) is 0. The fourth-order valence-electron chi connectivity index (χ4n) is 1.82. The summed E-state index contributed by atoms with van der Waals surface area (Å²) in [5.74, 6) is 0.397. The van der Waals surface area contributed by atoms with Crippen molar-refractivity contribution in [3.8, 4) is 0 Å². The lowest BCUT2D eigenvalue weighted by Crippen LogP contribution is -2.20. The average molecular weight is 168 g/mol. The zero-order chi connectivity index (χ0) is 9.03. The van der Waals surface area contributed by atoms with E-state index in [1.165, 1.54) is 0 Å². The van der Waals surface area contributed by atoms with Crippen molar-refractivity contribution in [2.24, 2.45) is 5.41 Å². The molecule has 1 N–H and O–H groups in total. The summed E-state index contributed by atoms with van der Waals surface area (Å²) < 4.78 is 0. The molecule has 12 heavy (non-hydrogen) atoms. The summed E-state index contributed by atoms with van der Waals surface area (Å²) in [5.41, 5.74) is -0.0977. The third-order valence-electron chi connectivity index (χ3n) is 2.77. The average Bonchev–Trinajstić information content (AvgIpc) is 2.34. The molecule has 1 fully saturated rings. The summed E-state index contributed by atoms with van der Waals surface area (Å²) in [6.07, 6.45) is 7.25. The molecule has 0 heterocycles. The van der Waals surface area contributed by atoms with Gasteiger partial charge in [0.2, 0.25) is 0 Å². The van der Waals surface area contributed by atoms with Crippen LogP contribution in [0.3, 0.4) is 0 Å². The van der Waals surface area contributed by atoms with Gasteiger partial charge in [-0.1, -0.05) is 13.0 Å². The number of Topliss-reactive ketones (excluding diaryl/α,β-unsaturated/α-hetero) is 1. The lowest BCUT2D eigenvalue weighted by atomic mass is 9.83. The zero-order valence-electron chi connectivity index (χ0n) is 7.55. The third kappa shape index (κ3) is 1.87. The van der Waals surface area contributed by atoms with E-state index in [1.54, 1.807) is 6.08 Å². The molecule has 1 saturated carbocycles. The Kier molecular flexibility index (Phi) is 2.90. The van der Waals surface area contributed by atoms with Gasteiger partial charge in [0.25, 0.3) is 0 Å². The normalized spacial score (nSPS) is 30.2. The van der Waals surface area contributed by atoms with Crippen LogP contribution in [0.4, 0.5) is 0 Å². The summed E-state index contributed by atoms with van der Waals surface area (Å²) in [5, 5.41) is 8.42. The Hall–Kier alpha value is -0.790. The first-order valence-electron chi connectivity index (χ1n) is 4.51. The zero-order valence-corrected chi connectivity index (χ0v) is 7.55. The maximum atomic E-state index is 11.4. The van der Waals surface area contributed by atoms with E-state index in [0.29, 0.717) is 5.78 Å². The summed E-state index contributed by atoms with van der Waals surface area (Å²) >= 11 is 0. The van der Waals surface area contributed by atoms with Crippen LogP contribution in [-0.4, -0.2) is 10.9 Å². The first kappa shape index (κ1) is 9.30. The first-order valence-corrected chi connectivity index (χ1v) is 4.51. The van der Waals surface area contributed by atoms with Crippen molar-refractivity contribution in [3.63, 3.8) is 0 Å². The Morgan fingerprint density at radius 2 is 2.42 bits per heavy atom. The predicted molar refractivity (Wildman–Crippen MR) is 48.0 cm³/mol. The van der Waals surface area contributed by atoms with E-state index in [1.807, 2.05) is 6.92 Å². The Morgan fingerprint density at radius 1 is 1.67 bits per heavy atom. The Bertz CT molecular complexity index is 196. The van der Waals surface area contributed by atoms with Crippen LogP contribution in [0.2, 0.25) is 0 Å².